The maximum absolute atomic E-state index is 13.3. The maximum atomic E-state index is 13.3. The van der Waals surface area contributed by atoms with E-state index in [1.165, 1.54) is 6.92 Å². The van der Waals surface area contributed by atoms with Gasteiger partial charge >= 0.3 is 11.7 Å². The monoisotopic (exact) mass is 302 g/mol. The van der Waals surface area contributed by atoms with E-state index in [-0.39, 0.29) is 10.1 Å². The Hall–Kier alpha value is -0.690. The first-order valence-corrected chi connectivity index (χ1v) is 5.11. The fraction of sp³-hybridized carbons (Fsp3) is 0.429. The van der Waals surface area contributed by atoms with Gasteiger partial charge in [-0.05, 0) is 6.92 Å². The van der Waals surface area contributed by atoms with Crippen molar-refractivity contribution in [1.29, 1.82) is 0 Å². The highest BCUT2D eigenvalue weighted by molar-refractivity contribution is 9.10. The quantitative estimate of drug-likeness (QED) is 0.839. The fourth-order valence-corrected chi connectivity index (χ4v) is 1.22. The summed E-state index contributed by atoms with van der Waals surface area (Å²) in [5, 5.41) is 0. The molecule has 1 aromatic rings. The predicted octanol–water partition coefficient (Wildman–Crippen LogP) is 1.35. The van der Waals surface area contributed by atoms with E-state index in [4.69, 9.17) is 11.6 Å². The molecule has 0 radical (unpaired) electrons. The van der Waals surface area contributed by atoms with E-state index < -0.39 is 21.6 Å². The van der Waals surface area contributed by atoms with Crippen LogP contribution in [0.3, 0.4) is 0 Å². The number of aromatic nitrogens is 2. The first kappa shape index (κ1) is 12.4. The largest absolute Gasteiger partial charge is 0.358 e. The molecule has 0 saturated heterocycles. The van der Waals surface area contributed by atoms with Crippen LogP contribution in [0, 0.1) is 6.92 Å². The topological polar surface area (TPSA) is 54.9 Å². The van der Waals surface area contributed by atoms with Crippen LogP contribution in [0.15, 0.2) is 15.8 Å². The summed E-state index contributed by atoms with van der Waals surface area (Å²) >= 11 is 7.66. The smallest absolute Gasteiger partial charge is 0.274 e. The van der Waals surface area contributed by atoms with Crippen LogP contribution in [0.2, 0.25) is 0 Å². The molecule has 0 aliphatic heterocycles. The number of H-pyrrole nitrogens is 1. The van der Waals surface area contributed by atoms with Crippen molar-refractivity contribution in [2.45, 2.75) is 17.3 Å². The number of aromatic amines is 1. The van der Waals surface area contributed by atoms with Crippen molar-refractivity contribution in [3.63, 3.8) is 0 Å². The van der Waals surface area contributed by atoms with E-state index in [1.807, 2.05) is 0 Å². The summed E-state index contributed by atoms with van der Waals surface area (Å²) in [4.78, 5) is 23.8. The minimum atomic E-state index is -3.62. The molecule has 0 saturated carbocycles. The minimum Gasteiger partial charge on any atom is -0.274 e. The lowest BCUT2D eigenvalue weighted by molar-refractivity contribution is -0.0683. The Morgan fingerprint density at radius 2 is 2.13 bits per heavy atom. The number of aryl methyl sites for hydroxylation is 1. The molecule has 84 valence electrons. The maximum Gasteiger partial charge on any atom is 0.358 e. The molecule has 4 nitrogen and oxygen atoms in total. The number of hydrogen-bond donors (Lipinski definition) is 1. The van der Waals surface area contributed by atoms with Gasteiger partial charge in [0, 0.05) is 11.8 Å². The third kappa shape index (κ3) is 2.28. The predicted molar refractivity (Wildman–Crippen MR) is 54.8 cm³/mol. The average Bonchev–Trinajstić information content (AvgIpc) is 2.10. The van der Waals surface area contributed by atoms with Gasteiger partial charge in [0.1, 0.15) is 0 Å². The molecule has 1 N–H and O–H groups in total. The van der Waals surface area contributed by atoms with E-state index in [0.29, 0.717) is 0 Å². The second-order valence-corrected chi connectivity index (χ2v) is 4.71. The Balaban J connectivity index is 3.46. The first-order valence-electron chi connectivity index (χ1n) is 3.76. The zero-order chi connectivity index (χ0) is 11.8. The van der Waals surface area contributed by atoms with E-state index in [0.717, 1.165) is 6.20 Å². The van der Waals surface area contributed by atoms with Crippen molar-refractivity contribution in [2.75, 3.05) is 0 Å². The molecule has 8 heteroatoms. The summed E-state index contributed by atoms with van der Waals surface area (Å²) in [6.45, 7) is 1.31. The normalized spacial score (nSPS) is 13.9. The molecular weight excluding hydrogens is 297 g/mol. The Morgan fingerprint density at radius 3 is 2.60 bits per heavy atom. The zero-order valence-corrected chi connectivity index (χ0v) is 9.77. The summed E-state index contributed by atoms with van der Waals surface area (Å²) in [5.74, 6) is 0. The van der Waals surface area contributed by atoms with Crippen LogP contribution in [0.5, 0.6) is 0 Å². The lowest BCUT2D eigenvalue weighted by Crippen LogP contribution is -2.42. The Labute approximate surface area is 96.0 Å². The molecule has 15 heavy (non-hydrogen) atoms. The van der Waals surface area contributed by atoms with Gasteiger partial charge in [-0.1, -0.05) is 15.9 Å². The molecule has 0 amide bonds. The molecule has 1 atom stereocenters. The molecule has 0 aliphatic carbocycles. The summed E-state index contributed by atoms with van der Waals surface area (Å²) in [6.07, 6.45) is 0.762. The molecule has 0 bridgehead atoms. The van der Waals surface area contributed by atoms with Crippen molar-refractivity contribution in [2.24, 2.45) is 0 Å². The minimum absolute atomic E-state index is 0.000841. The summed E-state index contributed by atoms with van der Waals surface area (Å²) in [7, 11) is 0. The average molecular weight is 303 g/mol. The fourth-order valence-electron chi connectivity index (χ4n) is 0.893. The van der Waals surface area contributed by atoms with Gasteiger partial charge in [-0.3, -0.25) is 9.78 Å². The van der Waals surface area contributed by atoms with Crippen LogP contribution >= 0.6 is 27.5 Å². The number of nitrogens with zero attached hydrogens (tertiary/aromatic N) is 1. The van der Waals surface area contributed by atoms with Crippen molar-refractivity contribution in [3.05, 3.63) is 32.6 Å². The molecular formula is C7H6BrClF2N2O2. The lowest BCUT2D eigenvalue weighted by atomic mass is 10.4. The molecule has 0 spiro atoms. The Bertz CT molecular complexity index is 483. The van der Waals surface area contributed by atoms with Gasteiger partial charge in [-0.25, -0.2) is 9.36 Å². The summed E-state index contributed by atoms with van der Waals surface area (Å²) in [5.41, 5.74) is -1.91. The standard InChI is InChI=1S/C7H6BrClF2N2O2/c1-3-2-13(6(15)12-4(3)14)7(10,11)5(8)9/h2,5H,1H3,(H,12,14,15). The van der Waals surface area contributed by atoms with Gasteiger partial charge < -0.3 is 0 Å². The van der Waals surface area contributed by atoms with Gasteiger partial charge in [0.25, 0.3) is 5.56 Å². The highest BCUT2D eigenvalue weighted by Crippen LogP contribution is 2.31. The van der Waals surface area contributed by atoms with E-state index in [1.54, 1.807) is 4.98 Å². The van der Waals surface area contributed by atoms with Crippen LogP contribution in [-0.4, -0.2) is 13.8 Å². The van der Waals surface area contributed by atoms with E-state index in [9.17, 15) is 18.4 Å². The Kier molecular flexibility index (Phi) is 3.34. The second kappa shape index (κ2) is 4.05. The molecule has 1 aromatic heterocycles. The molecule has 0 fully saturated rings. The van der Waals surface area contributed by atoms with E-state index >= 15 is 0 Å². The van der Waals surface area contributed by atoms with Gasteiger partial charge in [0.2, 0.25) is 0 Å². The van der Waals surface area contributed by atoms with Gasteiger partial charge in [0.05, 0.1) is 0 Å². The van der Waals surface area contributed by atoms with Gasteiger partial charge in [-0.2, -0.15) is 8.78 Å². The van der Waals surface area contributed by atoms with Crippen molar-refractivity contribution in [1.82, 2.24) is 9.55 Å². The molecule has 1 unspecified atom stereocenters. The summed E-state index contributed by atoms with van der Waals surface area (Å²) < 4.78 is 25.0. The molecule has 1 heterocycles. The second-order valence-electron chi connectivity index (χ2n) is 2.83. The number of hydrogen-bond acceptors (Lipinski definition) is 2. The van der Waals surface area contributed by atoms with Gasteiger partial charge in [0.15, 0.2) is 4.29 Å². The van der Waals surface area contributed by atoms with Crippen molar-refractivity contribution in [3.8, 4) is 0 Å². The van der Waals surface area contributed by atoms with Crippen LogP contribution in [0.25, 0.3) is 0 Å². The summed E-state index contributed by atoms with van der Waals surface area (Å²) in [6, 6.07) is -3.62. The third-order valence-corrected chi connectivity index (χ3v) is 2.52. The number of rotatable bonds is 2. The van der Waals surface area contributed by atoms with Crippen LogP contribution < -0.4 is 11.2 Å². The molecule has 0 aromatic carbocycles. The Morgan fingerprint density at radius 1 is 1.60 bits per heavy atom. The highest BCUT2D eigenvalue weighted by Gasteiger charge is 2.40. The molecule has 0 aliphatic rings. The van der Waals surface area contributed by atoms with Crippen LogP contribution in [-0.2, 0) is 6.05 Å². The van der Waals surface area contributed by atoms with Gasteiger partial charge in [-0.15, -0.1) is 11.6 Å². The zero-order valence-electron chi connectivity index (χ0n) is 7.43. The number of nitrogens with one attached hydrogen (secondary N) is 1. The lowest BCUT2D eigenvalue weighted by Gasteiger charge is -2.19. The number of halogens is 4. The van der Waals surface area contributed by atoms with Crippen molar-refractivity contribution >= 4 is 27.5 Å². The third-order valence-electron chi connectivity index (χ3n) is 1.70. The highest BCUT2D eigenvalue weighted by atomic mass is 79.9. The first-order chi connectivity index (χ1) is 6.76. The molecule has 1 rings (SSSR count). The van der Waals surface area contributed by atoms with Crippen molar-refractivity contribution < 1.29 is 8.78 Å². The van der Waals surface area contributed by atoms with Crippen LogP contribution in [0.1, 0.15) is 5.56 Å². The van der Waals surface area contributed by atoms with Crippen LogP contribution in [0.4, 0.5) is 8.78 Å². The SMILES string of the molecule is Cc1cn(C(F)(F)C(Cl)Br)c(=O)[nH]c1=O. The number of alkyl halides is 4. The van der Waals surface area contributed by atoms with E-state index in [2.05, 4.69) is 15.9 Å².